The first-order valence-electron chi connectivity index (χ1n) is 12.3. The van der Waals surface area contributed by atoms with Gasteiger partial charge in [-0.2, -0.15) is 0 Å². The Morgan fingerprint density at radius 3 is 2.81 bits per heavy atom. The number of rotatable bonds is 6. The van der Waals surface area contributed by atoms with Crippen LogP contribution in [0.2, 0.25) is 0 Å². The fourth-order valence-corrected chi connectivity index (χ4v) is 6.49. The largest absolute Gasteiger partial charge is 0.378 e. The van der Waals surface area contributed by atoms with Gasteiger partial charge in [0.05, 0.1) is 29.7 Å². The van der Waals surface area contributed by atoms with Crippen LogP contribution in [0.3, 0.4) is 0 Å². The van der Waals surface area contributed by atoms with Crippen LogP contribution < -0.4 is 14.9 Å². The molecule has 3 aromatic heterocycles. The van der Waals surface area contributed by atoms with Crippen molar-refractivity contribution in [2.75, 3.05) is 49.3 Å². The van der Waals surface area contributed by atoms with Crippen LogP contribution >= 0.6 is 11.3 Å². The number of thiophene rings is 1. The first kappa shape index (κ1) is 24.2. The zero-order chi connectivity index (χ0) is 25.6. The number of hydrogen-bond donors (Lipinski definition) is 2. The number of nitrogens with one attached hydrogen (secondary N) is 2. The molecule has 192 valence electrons. The van der Waals surface area contributed by atoms with Gasteiger partial charge in [-0.3, -0.25) is 0 Å². The number of hydrogen-bond acceptors (Lipinski definition) is 9. The fourth-order valence-electron chi connectivity index (χ4n) is 4.80. The first-order chi connectivity index (χ1) is 17.9. The molecule has 4 aromatic rings. The highest BCUT2D eigenvalue weighted by Gasteiger charge is 2.23. The standard InChI is InChI=1S/C26H28N6O3S2/c1-16-21-23(36-22(16)18-5-3-4-17(12-18)14-29-37(2,33)34)26(32-8-10-35-11-9-32)31-25(30-21)20-13-19-6-7-27-24(19)28-15-20/h3-5,12-13,15,29H,6-11,14H2,1-2H3,(H,27,28). The van der Waals surface area contributed by atoms with Crippen LogP contribution in [0.4, 0.5) is 11.6 Å². The maximum atomic E-state index is 11.6. The molecule has 2 N–H and O–H groups in total. The molecule has 0 aliphatic carbocycles. The number of anilines is 2. The van der Waals surface area contributed by atoms with Crippen LogP contribution in [-0.2, 0) is 27.7 Å². The van der Waals surface area contributed by atoms with E-state index in [4.69, 9.17) is 14.7 Å². The molecule has 0 saturated carbocycles. The summed E-state index contributed by atoms with van der Waals surface area (Å²) < 4.78 is 32.4. The molecule has 2 aliphatic rings. The van der Waals surface area contributed by atoms with Crippen LogP contribution in [0.25, 0.3) is 32.0 Å². The third-order valence-corrected chi connectivity index (χ3v) is 8.69. The predicted octanol–water partition coefficient (Wildman–Crippen LogP) is 3.58. The summed E-state index contributed by atoms with van der Waals surface area (Å²) in [6.07, 6.45) is 3.96. The van der Waals surface area contributed by atoms with Crippen molar-refractivity contribution in [3.8, 4) is 21.8 Å². The fraction of sp³-hybridized carbons (Fsp3) is 0.346. The minimum atomic E-state index is -3.27. The second kappa shape index (κ2) is 9.64. The molecular weight excluding hydrogens is 508 g/mol. The second-order valence-electron chi connectivity index (χ2n) is 9.41. The SMILES string of the molecule is Cc1c(-c2cccc(CNS(C)(=O)=O)c2)sc2c(N3CCOCC3)nc(-c3cnc4c(c3)CCN4)nc12. The summed E-state index contributed by atoms with van der Waals surface area (Å²) in [5.74, 6) is 2.54. The molecular formula is C26H28N6O3S2. The van der Waals surface area contributed by atoms with Gasteiger partial charge < -0.3 is 15.0 Å². The van der Waals surface area contributed by atoms with Gasteiger partial charge in [-0.25, -0.2) is 28.1 Å². The number of ether oxygens (including phenoxy) is 1. The number of morpholine rings is 1. The van der Waals surface area contributed by atoms with Gasteiger partial charge in [-0.1, -0.05) is 18.2 Å². The quantitative estimate of drug-likeness (QED) is 0.385. The van der Waals surface area contributed by atoms with Gasteiger partial charge in [0.2, 0.25) is 10.0 Å². The second-order valence-corrected chi connectivity index (χ2v) is 12.3. The summed E-state index contributed by atoms with van der Waals surface area (Å²) in [6, 6.07) is 10.1. The molecule has 6 rings (SSSR count). The van der Waals surface area contributed by atoms with Crippen molar-refractivity contribution in [1.82, 2.24) is 19.7 Å². The van der Waals surface area contributed by atoms with Crippen LogP contribution in [-0.4, -0.2) is 62.5 Å². The average molecular weight is 537 g/mol. The summed E-state index contributed by atoms with van der Waals surface area (Å²) >= 11 is 1.68. The number of fused-ring (bicyclic) bond motifs is 2. The minimum absolute atomic E-state index is 0.250. The van der Waals surface area contributed by atoms with Gasteiger partial charge in [0.15, 0.2) is 11.6 Å². The Balaban J connectivity index is 1.47. The summed E-state index contributed by atoms with van der Waals surface area (Å²) in [7, 11) is -3.27. The Bertz CT molecular complexity index is 1600. The van der Waals surface area contributed by atoms with Crippen molar-refractivity contribution < 1.29 is 13.2 Å². The first-order valence-corrected chi connectivity index (χ1v) is 15.0. The van der Waals surface area contributed by atoms with Gasteiger partial charge in [0.1, 0.15) is 5.82 Å². The topological polar surface area (TPSA) is 109 Å². The molecule has 0 amide bonds. The maximum absolute atomic E-state index is 11.6. The molecule has 1 aromatic carbocycles. The number of aryl methyl sites for hydroxylation is 1. The van der Waals surface area contributed by atoms with E-state index in [0.717, 1.165) is 75.0 Å². The zero-order valence-corrected chi connectivity index (χ0v) is 22.4. The summed E-state index contributed by atoms with van der Waals surface area (Å²) in [5.41, 5.74) is 6.06. The molecule has 9 nitrogen and oxygen atoms in total. The summed E-state index contributed by atoms with van der Waals surface area (Å²) in [4.78, 5) is 18.1. The van der Waals surface area contributed by atoms with E-state index in [-0.39, 0.29) is 6.54 Å². The van der Waals surface area contributed by atoms with Crippen molar-refractivity contribution in [2.24, 2.45) is 0 Å². The third-order valence-electron chi connectivity index (χ3n) is 6.70. The van der Waals surface area contributed by atoms with E-state index in [0.29, 0.717) is 19.0 Å². The van der Waals surface area contributed by atoms with Gasteiger partial charge in [0, 0.05) is 42.8 Å². The van der Waals surface area contributed by atoms with Crippen molar-refractivity contribution in [2.45, 2.75) is 19.9 Å². The molecule has 2 aliphatic heterocycles. The van der Waals surface area contributed by atoms with Crippen molar-refractivity contribution >= 4 is 43.2 Å². The van der Waals surface area contributed by atoms with Crippen molar-refractivity contribution in [1.29, 1.82) is 0 Å². The molecule has 0 atom stereocenters. The Kier molecular flexibility index (Phi) is 6.31. The molecule has 0 radical (unpaired) electrons. The van der Waals surface area contributed by atoms with Crippen LogP contribution in [0.1, 0.15) is 16.7 Å². The lowest BCUT2D eigenvalue weighted by Crippen LogP contribution is -2.36. The van der Waals surface area contributed by atoms with E-state index in [2.05, 4.69) is 39.0 Å². The maximum Gasteiger partial charge on any atom is 0.209 e. The number of pyridine rings is 1. The van der Waals surface area contributed by atoms with Crippen molar-refractivity contribution in [3.05, 3.63) is 53.2 Å². The molecule has 0 bridgehead atoms. The highest BCUT2D eigenvalue weighted by molar-refractivity contribution is 7.88. The number of nitrogens with zero attached hydrogens (tertiary/aromatic N) is 4. The molecule has 1 fully saturated rings. The van der Waals surface area contributed by atoms with Crippen LogP contribution in [0.5, 0.6) is 0 Å². The highest BCUT2D eigenvalue weighted by Crippen LogP contribution is 2.42. The summed E-state index contributed by atoms with van der Waals surface area (Å²) in [6.45, 7) is 6.13. The van der Waals surface area contributed by atoms with Crippen LogP contribution in [0, 0.1) is 6.92 Å². The zero-order valence-electron chi connectivity index (χ0n) is 20.7. The lowest BCUT2D eigenvalue weighted by Gasteiger charge is -2.28. The van der Waals surface area contributed by atoms with E-state index in [1.54, 1.807) is 11.3 Å². The minimum Gasteiger partial charge on any atom is -0.378 e. The number of benzene rings is 1. The van der Waals surface area contributed by atoms with Crippen LogP contribution in [0.15, 0.2) is 36.5 Å². The van der Waals surface area contributed by atoms with Gasteiger partial charge >= 0.3 is 0 Å². The highest BCUT2D eigenvalue weighted by atomic mass is 32.2. The average Bonchev–Trinajstić information content (AvgIpc) is 3.51. The molecule has 0 spiro atoms. The molecule has 5 heterocycles. The Morgan fingerprint density at radius 1 is 1.16 bits per heavy atom. The third kappa shape index (κ3) is 4.91. The molecule has 11 heteroatoms. The molecule has 1 saturated heterocycles. The Labute approximate surface area is 220 Å². The van der Waals surface area contributed by atoms with Gasteiger partial charge in [-0.15, -0.1) is 11.3 Å². The van der Waals surface area contributed by atoms with Gasteiger partial charge in [-0.05, 0) is 47.7 Å². The van der Waals surface area contributed by atoms with E-state index < -0.39 is 10.0 Å². The molecule has 0 unspecified atom stereocenters. The van der Waals surface area contributed by atoms with Crippen molar-refractivity contribution in [3.63, 3.8) is 0 Å². The Morgan fingerprint density at radius 2 is 2.00 bits per heavy atom. The number of sulfonamides is 1. The van der Waals surface area contributed by atoms with E-state index >= 15 is 0 Å². The number of aromatic nitrogens is 3. The molecule has 37 heavy (non-hydrogen) atoms. The van der Waals surface area contributed by atoms with E-state index in [9.17, 15) is 8.42 Å². The van der Waals surface area contributed by atoms with Gasteiger partial charge in [0.25, 0.3) is 0 Å². The summed E-state index contributed by atoms with van der Waals surface area (Å²) in [5, 5.41) is 3.31. The lowest BCUT2D eigenvalue weighted by molar-refractivity contribution is 0.122. The smallest absolute Gasteiger partial charge is 0.209 e. The van der Waals surface area contributed by atoms with E-state index in [1.165, 1.54) is 11.8 Å². The monoisotopic (exact) mass is 536 g/mol. The normalized spacial score (nSPS) is 15.7. The Hall–Kier alpha value is -3.12. The lowest BCUT2D eigenvalue weighted by atomic mass is 10.1. The predicted molar refractivity (Wildman–Crippen MR) is 148 cm³/mol. The van der Waals surface area contributed by atoms with E-state index in [1.807, 2.05) is 24.4 Å².